The molecule has 124 valence electrons. The van der Waals surface area contributed by atoms with E-state index in [1.807, 2.05) is 19.1 Å². The number of benzene rings is 2. The largest absolute Gasteiger partial charge is 0.492 e. The Kier molecular flexibility index (Phi) is 3.58. The van der Waals surface area contributed by atoms with Crippen LogP contribution in [0.15, 0.2) is 47.5 Å². The molecule has 0 aliphatic carbocycles. The van der Waals surface area contributed by atoms with Crippen molar-refractivity contribution in [1.29, 1.82) is 0 Å². The topological polar surface area (TPSA) is 74.6 Å². The average molecular weight is 353 g/mol. The summed E-state index contributed by atoms with van der Waals surface area (Å²) in [5.41, 5.74) is 1.97. The van der Waals surface area contributed by atoms with Crippen molar-refractivity contribution in [2.45, 2.75) is 6.92 Å². The molecule has 2 N–H and O–H groups in total. The molecule has 2 heterocycles. The Morgan fingerprint density at radius 2 is 1.92 bits per heavy atom. The number of nitrogens with zero attached hydrogens (tertiary/aromatic N) is 2. The van der Waals surface area contributed by atoms with Gasteiger partial charge in [0.2, 0.25) is 5.88 Å². The van der Waals surface area contributed by atoms with Gasteiger partial charge in [-0.05, 0) is 43.3 Å². The van der Waals surface area contributed by atoms with Crippen LogP contribution in [0.4, 0.5) is 15.2 Å². The van der Waals surface area contributed by atoms with Crippen molar-refractivity contribution in [1.82, 2.24) is 4.98 Å². The maximum atomic E-state index is 13.0. The highest BCUT2D eigenvalue weighted by Gasteiger charge is 2.24. The van der Waals surface area contributed by atoms with Gasteiger partial charge in [0.15, 0.2) is 5.13 Å². The molecule has 3 aromatic rings. The van der Waals surface area contributed by atoms with Crippen molar-refractivity contribution in [3.8, 4) is 5.88 Å². The van der Waals surface area contributed by atoms with Crippen LogP contribution in [0.1, 0.15) is 10.4 Å². The lowest BCUT2D eigenvalue weighted by atomic mass is 10.1. The Labute approximate surface area is 145 Å². The van der Waals surface area contributed by atoms with Crippen molar-refractivity contribution in [3.05, 3.63) is 69.3 Å². The maximum absolute atomic E-state index is 13.0. The first-order valence-electron chi connectivity index (χ1n) is 7.48. The van der Waals surface area contributed by atoms with Gasteiger partial charge in [0.1, 0.15) is 10.7 Å². The number of fused-ring (bicyclic) bond motifs is 1. The molecule has 5 nitrogen and oxygen atoms in total. The molecule has 1 aliphatic heterocycles. The fourth-order valence-corrected chi connectivity index (χ4v) is 3.56. The summed E-state index contributed by atoms with van der Waals surface area (Å²) in [6.07, 6.45) is 0. The van der Waals surface area contributed by atoms with E-state index in [2.05, 4.69) is 15.3 Å². The van der Waals surface area contributed by atoms with Crippen molar-refractivity contribution >= 4 is 33.6 Å². The fraction of sp³-hybridized carbons (Fsp3) is 0.0556. The van der Waals surface area contributed by atoms with Gasteiger partial charge in [0, 0.05) is 10.9 Å². The molecule has 1 amide bonds. The summed E-state index contributed by atoms with van der Waals surface area (Å²) in [7, 11) is 0. The molecule has 0 saturated heterocycles. The van der Waals surface area contributed by atoms with E-state index in [1.165, 1.54) is 12.1 Å². The van der Waals surface area contributed by atoms with Crippen LogP contribution >= 0.6 is 11.3 Å². The van der Waals surface area contributed by atoms with Crippen LogP contribution in [-0.2, 0) is 4.79 Å². The van der Waals surface area contributed by atoms with Gasteiger partial charge in [-0.25, -0.2) is 9.38 Å². The second kappa shape index (κ2) is 5.78. The van der Waals surface area contributed by atoms with Gasteiger partial charge in [-0.2, -0.15) is 4.98 Å². The standard InChI is InChI=1S/C18H12FN3O2S/c1-9-2-7-13-12(8-9)14(16(23)21-13)15-17(24)22-18(25-15)20-11-5-3-10(19)4-6-11/h2-8,24H,1H3,(H,20,22). The SMILES string of the molecule is Cc1ccc2c(c1)=C(c1sc(Nc3ccc(F)cc3)nc1O)C(=O)N=2. The Bertz CT molecular complexity index is 1120. The highest BCUT2D eigenvalue weighted by Crippen LogP contribution is 2.35. The van der Waals surface area contributed by atoms with Crippen LogP contribution in [0, 0.1) is 12.7 Å². The second-order valence-corrected chi connectivity index (χ2v) is 6.62. The summed E-state index contributed by atoms with van der Waals surface area (Å²) in [4.78, 5) is 20.7. The molecule has 0 spiro atoms. The summed E-state index contributed by atoms with van der Waals surface area (Å²) in [6.45, 7) is 1.93. The van der Waals surface area contributed by atoms with Crippen molar-refractivity contribution in [2.24, 2.45) is 4.99 Å². The molecule has 7 heteroatoms. The minimum Gasteiger partial charge on any atom is -0.492 e. The molecule has 0 fully saturated rings. The number of nitrogens with one attached hydrogen (secondary N) is 1. The number of amides is 1. The van der Waals surface area contributed by atoms with Gasteiger partial charge in [-0.3, -0.25) is 4.79 Å². The number of aromatic hydroxyl groups is 1. The first-order valence-corrected chi connectivity index (χ1v) is 8.30. The van der Waals surface area contributed by atoms with E-state index < -0.39 is 5.91 Å². The number of hydrogen-bond donors (Lipinski definition) is 2. The van der Waals surface area contributed by atoms with Crippen LogP contribution in [0.3, 0.4) is 0 Å². The van der Waals surface area contributed by atoms with Gasteiger partial charge < -0.3 is 10.4 Å². The number of aromatic nitrogens is 1. The van der Waals surface area contributed by atoms with E-state index in [0.29, 0.717) is 31.8 Å². The Morgan fingerprint density at radius 1 is 1.16 bits per heavy atom. The predicted molar refractivity (Wildman–Crippen MR) is 92.9 cm³/mol. The molecular weight excluding hydrogens is 341 g/mol. The van der Waals surface area contributed by atoms with Crippen LogP contribution in [0.25, 0.3) is 5.57 Å². The third-order valence-corrected chi connectivity index (χ3v) is 4.77. The number of carbonyl (C=O) groups is 1. The van der Waals surface area contributed by atoms with E-state index in [0.717, 1.165) is 16.9 Å². The van der Waals surface area contributed by atoms with Crippen molar-refractivity contribution in [3.63, 3.8) is 0 Å². The minimum absolute atomic E-state index is 0.234. The van der Waals surface area contributed by atoms with Gasteiger partial charge in [0.05, 0.1) is 10.9 Å². The molecule has 2 aromatic carbocycles. The lowest BCUT2D eigenvalue weighted by Crippen LogP contribution is -2.23. The quantitative estimate of drug-likeness (QED) is 0.758. The molecule has 0 radical (unpaired) electrons. The number of thiazole rings is 1. The average Bonchev–Trinajstić information content (AvgIpc) is 3.08. The van der Waals surface area contributed by atoms with E-state index >= 15 is 0 Å². The zero-order chi connectivity index (χ0) is 17.6. The molecule has 0 bridgehead atoms. The van der Waals surface area contributed by atoms with Gasteiger partial charge in [0.25, 0.3) is 5.91 Å². The smallest absolute Gasteiger partial charge is 0.279 e. The van der Waals surface area contributed by atoms with Crippen LogP contribution < -0.4 is 15.9 Å². The van der Waals surface area contributed by atoms with Gasteiger partial charge >= 0.3 is 0 Å². The molecule has 25 heavy (non-hydrogen) atoms. The van der Waals surface area contributed by atoms with Gasteiger partial charge in [-0.15, -0.1) is 0 Å². The lowest BCUT2D eigenvalue weighted by molar-refractivity contribution is -0.112. The number of hydrogen-bond acceptors (Lipinski definition) is 5. The maximum Gasteiger partial charge on any atom is 0.279 e. The normalized spacial score (nSPS) is 12.9. The molecule has 4 rings (SSSR count). The first-order chi connectivity index (χ1) is 12.0. The molecule has 0 unspecified atom stereocenters. The Morgan fingerprint density at radius 3 is 2.68 bits per heavy atom. The van der Waals surface area contributed by atoms with E-state index in [9.17, 15) is 14.3 Å². The minimum atomic E-state index is -0.395. The number of aryl methyl sites for hydroxylation is 1. The van der Waals surface area contributed by atoms with Crippen molar-refractivity contribution in [2.75, 3.05) is 5.32 Å². The summed E-state index contributed by atoms with van der Waals surface area (Å²) in [5, 5.41) is 14.9. The fourth-order valence-electron chi connectivity index (χ4n) is 2.63. The molecule has 0 saturated carbocycles. The monoisotopic (exact) mass is 353 g/mol. The predicted octanol–water partition coefficient (Wildman–Crippen LogP) is 2.40. The third kappa shape index (κ3) is 2.78. The van der Waals surface area contributed by atoms with Gasteiger partial charge in [-0.1, -0.05) is 23.0 Å². The highest BCUT2D eigenvalue weighted by molar-refractivity contribution is 7.17. The van der Waals surface area contributed by atoms with E-state index in [-0.39, 0.29) is 11.7 Å². The van der Waals surface area contributed by atoms with E-state index in [4.69, 9.17) is 0 Å². The molecule has 1 aromatic heterocycles. The Balaban J connectivity index is 1.78. The summed E-state index contributed by atoms with van der Waals surface area (Å²) in [6, 6.07) is 11.3. The molecule has 1 aliphatic rings. The Hall–Kier alpha value is -3.06. The van der Waals surface area contributed by atoms with Crippen LogP contribution in [0.2, 0.25) is 0 Å². The van der Waals surface area contributed by atoms with Crippen LogP contribution in [0.5, 0.6) is 5.88 Å². The zero-order valence-corrected chi connectivity index (χ0v) is 13.9. The van der Waals surface area contributed by atoms with Crippen LogP contribution in [-0.4, -0.2) is 16.0 Å². The summed E-state index contributed by atoms with van der Waals surface area (Å²) >= 11 is 1.15. The number of rotatable bonds is 3. The van der Waals surface area contributed by atoms with E-state index in [1.54, 1.807) is 18.2 Å². The van der Waals surface area contributed by atoms with Crippen molar-refractivity contribution < 1.29 is 14.3 Å². The molecule has 0 atom stereocenters. The third-order valence-electron chi connectivity index (χ3n) is 3.79. The number of anilines is 2. The number of halogens is 1. The number of carbonyl (C=O) groups excluding carboxylic acids is 1. The zero-order valence-electron chi connectivity index (χ0n) is 13.1. The second-order valence-electron chi connectivity index (χ2n) is 5.62. The first kappa shape index (κ1) is 15.5. The highest BCUT2D eigenvalue weighted by atomic mass is 32.1. The summed E-state index contributed by atoms with van der Waals surface area (Å²) < 4.78 is 13.0. The lowest BCUT2D eigenvalue weighted by Gasteiger charge is -2.01. The summed E-state index contributed by atoms with van der Waals surface area (Å²) in [5.74, 6) is -0.968. The molecular formula is C18H12FN3O2S.